The zero-order valence-corrected chi connectivity index (χ0v) is 8.99. The summed E-state index contributed by atoms with van der Waals surface area (Å²) < 4.78 is 5.55. The monoisotopic (exact) mass is 190 g/mol. The first kappa shape index (κ1) is 10.8. The smallest absolute Gasteiger partial charge is 0.120 e. The van der Waals surface area contributed by atoms with E-state index in [9.17, 15) is 0 Å². The van der Waals surface area contributed by atoms with Gasteiger partial charge in [-0.05, 0) is 31.0 Å². The maximum Gasteiger partial charge on any atom is 0.120 e. The molecule has 0 bridgehead atoms. The van der Waals surface area contributed by atoms with E-state index in [-0.39, 0.29) is 0 Å². The normalized spacial score (nSPS) is 10.7. The Morgan fingerprint density at radius 2 is 2.14 bits per heavy atom. The second-order valence-electron chi connectivity index (χ2n) is 3.39. The first-order valence-corrected chi connectivity index (χ1v) is 5.17. The fraction of sp³-hybridized carbons (Fsp3) is 0.385. The van der Waals surface area contributed by atoms with Gasteiger partial charge in [0.1, 0.15) is 12.4 Å². The van der Waals surface area contributed by atoms with Gasteiger partial charge in [-0.15, -0.1) is 0 Å². The molecule has 0 spiro atoms. The van der Waals surface area contributed by atoms with Crippen molar-refractivity contribution in [1.29, 1.82) is 0 Å². The molecule has 0 saturated carbocycles. The second kappa shape index (κ2) is 6.25. The van der Waals surface area contributed by atoms with Crippen LogP contribution in [-0.2, 0) is 0 Å². The van der Waals surface area contributed by atoms with Gasteiger partial charge in [0.25, 0.3) is 0 Å². The Kier molecular flexibility index (Phi) is 4.84. The van der Waals surface area contributed by atoms with Gasteiger partial charge in [0.15, 0.2) is 0 Å². The lowest BCUT2D eigenvalue weighted by Gasteiger charge is -2.03. The van der Waals surface area contributed by atoms with Crippen molar-refractivity contribution in [3.05, 3.63) is 42.0 Å². The third-order valence-electron chi connectivity index (χ3n) is 1.96. The molecule has 14 heavy (non-hydrogen) atoms. The SMILES string of the molecule is CCC/C=C/COc1cccc(C)c1. The van der Waals surface area contributed by atoms with Gasteiger partial charge in [-0.25, -0.2) is 0 Å². The van der Waals surface area contributed by atoms with Gasteiger partial charge in [-0.3, -0.25) is 0 Å². The van der Waals surface area contributed by atoms with Gasteiger partial charge in [-0.1, -0.05) is 37.6 Å². The first-order valence-electron chi connectivity index (χ1n) is 5.17. The minimum absolute atomic E-state index is 0.670. The molecule has 76 valence electrons. The molecule has 0 unspecified atom stereocenters. The summed E-state index contributed by atoms with van der Waals surface area (Å²) in [5, 5.41) is 0. The zero-order valence-electron chi connectivity index (χ0n) is 8.99. The van der Waals surface area contributed by atoms with Crippen molar-refractivity contribution < 1.29 is 4.74 Å². The highest BCUT2D eigenvalue weighted by atomic mass is 16.5. The van der Waals surface area contributed by atoms with E-state index in [0.717, 1.165) is 12.2 Å². The lowest BCUT2D eigenvalue weighted by molar-refractivity contribution is 0.362. The molecule has 0 aliphatic heterocycles. The van der Waals surface area contributed by atoms with Crippen LogP contribution < -0.4 is 4.74 Å². The lowest BCUT2D eigenvalue weighted by Crippen LogP contribution is -1.93. The summed E-state index contributed by atoms with van der Waals surface area (Å²) in [5.41, 5.74) is 1.24. The second-order valence-corrected chi connectivity index (χ2v) is 3.39. The predicted molar refractivity (Wildman–Crippen MR) is 60.7 cm³/mol. The highest BCUT2D eigenvalue weighted by Gasteiger charge is 1.90. The average molecular weight is 190 g/mol. The van der Waals surface area contributed by atoms with E-state index in [4.69, 9.17) is 4.74 Å². The van der Waals surface area contributed by atoms with E-state index in [0.29, 0.717) is 6.61 Å². The van der Waals surface area contributed by atoms with Gasteiger partial charge in [-0.2, -0.15) is 0 Å². The van der Waals surface area contributed by atoms with E-state index >= 15 is 0 Å². The lowest BCUT2D eigenvalue weighted by atomic mass is 10.2. The summed E-state index contributed by atoms with van der Waals surface area (Å²) >= 11 is 0. The fourth-order valence-corrected chi connectivity index (χ4v) is 1.20. The van der Waals surface area contributed by atoms with Crippen molar-refractivity contribution in [1.82, 2.24) is 0 Å². The van der Waals surface area contributed by atoms with Crippen LogP contribution >= 0.6 is 0 Å². The summed E-state index contributed by atoms with van der Waals surface area (Å²) in [6.45, 7) is 4.91. The number of hydrogen-bond donors (Lipinski definition) is 0. The molecule has 0 aliphatic rings. The number of allylic oxidation sites excluding steroid dienone is 1. The van der Waals surface area contributed by atoms with E-state index in [1.165, 1.54) is 12.0 Å². The third kappa shape index (κ3) is 4.13. The summed E-state index contributed by atoms with van der Waals surface area (Å²) in [6, 6.07) is 8.12. The Morgan fingerprint density at radius 1 is 1.29 bits per heavy atom. The Hall–Kier alpha value is -1.24. The molecule has 1 heteroatoms. The fourth-order valence-electron chi connectivity index (χ4n) is 1.20. The van der Waals surface area contributed by atoms with E-state index < -0.39 is 0 Å². The number of benzene rings is 1. The number of aryl methyl sites for hydroxylation is 1. The van der Waals surface area contributed by atoms with Crippen LogP contribution in [0.2, 0.25) is 0 Å². The van der Waals surface area contributed by atoms with E-state index in [1.54, 1.807) is 0 Å². The summed E-state index contributed by atoms with van der Waals surface area (Å²) in [5.74, 6) is 0.950. The van der Waals surface area contributed by atoms with Crippen molar-refractivity contribution in [2.75, 3.05) is 6.61 Å². The van der Waals surface area contributed by atoms with Crippen LogP contribution in [0.25, 0.3) is 0 Å². The van der Waals surface area contributed by atoms with E-state index in [1.807, 2.05) is 18.2 Å². The molecular weight excluding hydrogens is 172 g/mol. The average Bonchev–Trinajstić information content (AvgIpc) is 2.18. The molecule has 0 radical (unpaired) electrons. The van der Waals surface area contributed by atoms with Crippen molar-refractivity contribution in [2.24, 2.45) is 0 Å². The molecule has 1 rings (SSSR count). The van der Waals surface area contributed by atoms with E-state index in [2.05, 4.69) is 32.1 Å². The van der Waals surface area contributed by atoms with Crippen LogP contribution in [-0.4, -0.2) is 6.61 Å². The Balaban J connectivity index is 2.31. The minimum atomic E-state index is 0.670. The molecule has 0 heterocycles. The van der Waals surface area contributed by atoms with Crippen molar-refractivity contribution in [2.45, 2.75) is 26.7 Å². The maximum absolute atomic E-state index is 5.55. The quantitative estimate of drug-likeness (QED) is 0.643. The zero-order chi connectivity index (χ0) is 10.2. The van der Waals surface area contributed by atoms with Crippen LogP contribution in [0.5, 0.6) is 5.75 Å². The van der Waals surface area contributed by atoms with Crippen LogP contribution in [0.1, 0.15) is 25.3 Å². The van der Waals surface area contributed by atoms with Crippen LogP contribution in [0.15, 0.2) is 36.4 Å². The molecule has 0 aliphatic carbocycles. The molecule has 0 N–H and O–H groups in total. The molecular formula is C13H18O. The van der Waals surface area contributed by atoms with Crippen molar-refractivity contribution in [3.8, 4) is 5.75 Å². The molecule has 1 aromatic carbocycles. The Labute approximate surface area is 86.4 Å². The van der Waals surface area contributed by atoms with Gasteiger partial charge >= 0.3 is 0 Å². The molecule has 0 atom stereocenters. The highest BCUT2D eigenvalue weighted by Crippen LogP contribution is 2.11. The molecule has 1 aromatic rings. The maximum atomic E-state index is 5.55. The Morgan fingerprint density at radius 3 is 2.86 bits per heavy atom. The first-order chi connectivity index (χ1) is 6.83. The number of hydrogen-bond acceptors (Lipinski definition) is 1. The number of ether oxygens (including phenoxy) is 1. The van der Waals surface area contributed by atoms with Gasteiger partial charge in [0.2, 0.25) is 0 Å². The van der Waals surface area contributed by atoms with Gasteiger partial charge in [0, 0.05) is 0 Å². The topological polar surface area (TPSA) is 9.23 Å². The van der Waals surface area contributed by atoms with Crippen LogP contribution in [0, 0.1) is 6.92 Å². The largest absolute Gasteiger partial charge is 0.490 e. The standard InChI is InChI=1S/C13H18O/c1-3-4-5-6-10-14-13-9-7-8-12(2)11-13/h5-9,11H,3-4,10H2,1-2H3/b6-5+. The van der Waals surface area contributed by atoms with Crippen LogP contribution in [0.3, 0.4) is 0 Å². The molecule has 0 aromatic heterocycles. The summed E-state index contributed by atoms with van der Waals surface area (Å²) in [7, 11) is 0. The highest BCUT2D eigenvalue weighted by molar-refractivity contribution is 5.27. The summed E-state index contributed by atoms with van der Waals surface area (Å²) in [4.78, 5) is 0. The Bertz CT molecular complexity index is 289. The molecule has 0 fully saturated rings. The number of rotatable bonds is 5. The number of unbranched alkanes of at least 4 members (excludes halogenated alkanes) is 1. The third-order valence-corrected chi connectivity index (χ3v) is 1.96. The predicted octanol–water partition coefficient (Wildman–Crippen LogP) is 3.73. The van der Waals surface area contributed by atoms with Gasteiger partial charge in [0.05, 0.1) is 0 Å². The van der Waals surface area contributed by atoms with Crippen LogP contribution in [0.4, 0.5) is 0 Å². The van der Waals surface area contributed by atoms with Crippen molar-refractivity contribution >= 4 is 0 Å². The molecule has 1 nitrogen and oxygen atoms in total. The van der Waals surface area contributed by atoms with Gasteiger partial charge < -0.3 is 4.74 Å². The molecule has 0 amide bonds. The summed E-state index contributed by atoms with van der Waals surface area (Å²) in [6.07, 6.45) is 6.57. The molecule has 0 saturated heterocycles. The minimum Gasteiger partial charge on any atom is -0.490 e. The van der Waals surface area contributed by atoms with Crippen molar-refractivity contribution in [3.63, 3.8) is 0 Å².